The Morgan fingerprint density at radius 1 is 1.11 bits per heavy atom. The number of carbonyl (C=O) groups is 1. The molecular weight excluding hydrogens is 499 g/mol. The zero-order valence-corrected chi connectivity index (χ0v) is 20.0. The summed E-state index contributed by atoms with van der Waals surface area (Å²) in [6.07, 6.45) is -3.18. The van der Waals surface area contributed by atoms with Crippen LogP contribution in [0.25, 0.3) is 16.2 Å². The molecule has 35 heavy (non-hydrogen) atoms. The van der Waals surface area contributed by atoms with Crippen LogP contribution in [0.5, 0.6) is 0 Å². The van der Waals surface area contributed by atoms with Gasteiger partial charge in [-0.05, 0) is 36.6 Å². The number of hydrogen-bond donors (Lipinski definition) is 1. The normalized spacial score (nSPS) is 15.5. The molecule has 0 atom stereocenters. The molecule has 1 amide bonds. The predicted molar refractivity (Wildman–Crippen MR) is 129 cm³/mol. The predicted octanol–water partition coefficient (Wildman–Crippen LogP) is 5.52. The van der Waals surface area contributed by atoms with Crippen molar-refractivity contribution >= 4 is 34.5 Å². The fourth-order valence-electron chi connectivity index (χ4n) is 4.20. The molecule has 0 saturated carbocycles. The van der Waals surface area contributed by atoms with Crippen molar-refractivity contribution < 1.29 is 18.0 Å². The smallest absolute Gasteiger partial charge is 0.348 e. The minimum Gasteiger partial charge on any atom is -0.348 e. The monoisotopic (exact) mass is 519 g/mol. The van der Waals surface area contributed by atoms with Crippen LogP contribution in [0.1, 0.15) is 34.6 Å². The van der Waals surface area contributed by atoms with Gasteiger partial charge < -0.3 is 5.32 Å². The Morgan fingerprint density at radius 2 is 1.86 bits per heavy atom. The van der Waals surface area contributed by atoms with Gasteiger partial charge in [0.2, 0.25) is 0 Å². The fraction of sp³-hybridized carbons (Fsp3) is 0.292. The van der Waals surface area contributed by atoms with Crippen molar-refractivity contribution in [3.63, 3.8) is 0 Å². The van der Waals surface area contributed by atoms with Crippen LogP contribution in [-0.2, 0) is 12.7 Å². The van der Waals surface area contributed by atoms with E-state index in [0.717, 1.165) is 49.9 Å². The molecule has 0 bridgehead atoms. The molecule has 0 spiro atoms. The van der Waals surface area contributed by atoms with Gasteiger partial charge in [0, 0.05) is 31.7 Å². The molecule has 4 heterocycles. The zero-order valence-electron chi connectivity index (χ0n) is 18.4. The van der Waals surface area contributed by atoms with Gasteiger partial charge in [0.1, 0.15) is 0 Å². The molecular formula is C24H21ClF3N5OS. The van der Waals surface area contributed by atoms with Crippen LogP contribution in [0.3, 0.4) is 0 Å². The van der Waals surface area contributed by atoms with Gasteiger partial charge in [0.05, 0.1) is 14.9 Å². The minimum absolute atomic E-state index is 0.0535. The number of hydrogen-bond acceptors (Lipinski definition) is 5. The summed E-state index contributed by atoms with van der Waals surface area (Å²) in [7, 11) is 0. The lowest BCUT2D eigenvalue weighted by Crippen LogP contribution is -2.44. The van der Waals surface area contributed by atoms with Crippen LogP contribution < -0.4 is 5.32 Å². The van der Waals surface area contributed by atoms with Gasteiger partial charge >= 0.3 is 6.18 Å². The van der Waals surface area contributed by atoms with E-state index in [4.69, 9.17) is 11.6 Å². The molecule has 1 aromatic carbocycles. The standard InChI is InChI=1S/C24H21ClF3N5OS/c25-21-7-6-19(35-21)17-12-20(24(26,27)28)33-22(30-17)13-18(31-33)23(34)29-16-8-10-32(11-9-16)14-15-4-2-1-3-5-15/h1-7,12-13,16H,8-11,14H2,(H,29,34). The highest BCUT2D eigenvalue weighted by Crippen LogP contribution is 2.35. The number of alkyl halides is 3. The lowest BCUT2D eigenvalue weighted by Gasteiger charge is -2.32. The van der Waals surface area contributed by atoms with Gasteiger partial charge in [-0.3, -0.25) is 9.69 Å². The highest BCUT2D eigenvalue weighted by Gasteiger charge is 2.36. The Morgan fingerprint density at radius 3 is 2.51 bits per heavy atom. The lowest BCUT2D eigenvalue weighted by molar-refractivity contribution is -0.142. The fourth-order valence-corrected chi connectivity index (χ4v) is 5.21. The molecule has 11 heteroatoms. The van der Waals surface area contributed by atoms with E-state index >= 15 is 0 Å². The van der Waals surface area contributed by atoms with Crippen LogP contribution in [0.4, 0.5) is 13.2 Å². The highest BCUT2D eigenvalue weighted by molar-refractivity contribution is 7.19. The first-order chi connectivity index (χ1) is 16.8. The Hall–Kier alpha value is -2.95. The van der Waals surface area contributed by atoms with Crippen molar-refractivity contribution in [1.29, 1.82) is 0 Å². The summed E-state index contributed by atoms with van der Waals surface area (Å²) in [5, 5.41) is 6.87. The van der Waals surface area contributed by atoms with Crippen LogP contribution >= 0.6 is 22.9 Å². The number of rotatable bonds is 5. The third-order valence-electron chi connectivity index (χ3n) is 5.95. The summed E-state index contributed by atoms with van der Waals surface area (Å²) in [4.78, 5) is 20.0. The van der Waals surface area contributed by atoms with Crippen molar-refractivity contribution in [2.24, 2.45) is 0 Å². The Kier molecular flexibility index (Phi) is 6.52. The largest absolute Gasteiger partial charge is 0.433 e. The highest BCUT2D eigenvalue weighted by atomic mass is 35.5. The van der Waals surface area contributed by atoms with Gasteiger partial charge in [-0.25, -0.2) is 9.50 Å². The summed E-state index contributed by atoms with van der Waals surface area (Å²) in [6, 6.07) is 15.5. The van der Waals surface area contributed by atoms with E-state index in [-0.39, 0.29) is 23.1 Å². The molecule has 1 aliphatic heterocycles. The SMILES string of the molecule is O=C(NC1CCN(Cc2ccccc2)CC1)c1cc2nc(-c3ccc(Cl)s3)cc(C(F)(F)F)n2n1. The average molecular weight is 520 g/mol. The zero-order chi connectivity index (χ0) is 24.6. The molecule has 0 unspecified atom stereocenters. The molecule has 0 aliphatic carbocycles. The van der Waals surface area contributed by atoms with E-state index < -0.39 is 17.8 Å². The van der Waals surface area contributed by atoms with Crippen molar-refractivity contribution in [1.82, 2.24) is 24.8 Å². The number of carbonyl (C=O) groups excluding carboxylic acids is 1. The Balaban J connectivity index is 1.31. The molecule has 1 saturated heterocycles. The summed E-state index contributed by atoms with van der Waals surface area (Å²) in [5.41, 5.74) is 0.199. The summed E-state index contributed by atoms with van der Waals surface area (Å²) in [6.45, 7) is 2.48. The first-order valence-corrected chi connectivity index (χ1v) is 12.3. The molecule has 0 radical (unpaired) electrons. The van der Waals surface area contributed by atoms with Gasteiger partial charge in [-0.1, -0.05) is 41.9 Å². The summed E-state index contributed by atoms with van der Waals surface area (Å²) >= 11 is 7.07. The number of aromatic nitrogens is 3. The number of nitrogens with zero attached hydrogens (tertiary/aromatic N) is 4. The number of piperidine rings is 1. The van der Waals surface area contributed by atoms with Gasteiger partial charge in [0.15, 0.2) is 17.0 Å². The van der Waals surface area contributed by atoms with E-state index in [1.807, 2.05) is 18.2 Å². The maximum absolute atomic E-state index is 13.8. The number of benzene rings is 1. The second-order valence-electron chi connectivity index (χ2n) is 8.44. The van der Waals surface area contributed by atoms with Gasteiger partial charge in [0.25, 0.3) is 5.91 Å². The molecule has 6 nitrogen and oxygen atoms in total. The number of likely N-dealkylation sites (tertiary alicyclic amines) is 1. The van der Waals surface area contributed by atoms with E-state index in [0.29, 0.717) is 13.7 Å². The van der Waals surface area contributed by atoms with Crippen LogP contribution in [0.15, 0.2) is 54.6 Å². The van der Waals surface area contributed by atoms with E-state index in [1.54, 1.807) is 12.1 Å². The Bertz CT molecular complexity index is 1350. The quantitative estimate of drug-likeness (QED) is 0.377. The third kappa shape index (κ3) is 5.34. The van der Waals surface area contributed by atoms with Crippen LogP contribution in [0, 0.1) is 0 Å². The topological polar surface area (TPSA) is 62.5 Å². The molecule has 1 aliphatic rings. The number of amides is 1. The van der Waals surface area contributed by atoms with Crippen LogP contribution in [-0.4, -0.2) is 44.5 Å². The first-order valence-electron chi connectivity index (χ1n) is 11.1. The van der Waals surface area contributed by atoms with Gasteiger partial charge in [-0.2, -0.15) is 18.3 Å². The third-order valence-corrected chi connectivity index (χ3v) is 7.20. The maximum atomic E-state index is 13.8. The molecule has 4 aromatic rings. The second kappa shape index (κ2) is 9.60. The molecule has 182 valence electrons. The van der Waals surface area contributed by atoms with E-state index in [9.17, 15) is 18.0 Å². The Labute approximate surface area is 208 Å². The van der Waals surface area contributed by atoms with Crippen LogP contribution in [0.2, 0.25) is 4.34 Å². The minimum atomic E-state index is -4.68. The average Bonchev–Trinajstić information content (AvgIpc) is 3.46. The molecule has 5 rings (SSSR count). The van der Waals surface area contributed by atoms with Gasteiger partial charge in [-0.15, -0.1) is 11.3 Å². The number of nitrogens with one attached hydrogen (secondary N) is 1. The van der Waals surface area contributed by atoms with Crippen molar-refractivity contribution in [3.05, 3.63) is 75.9 Å². The van der Waals surface area contributed by atoms with Crippen molar-refractivity contribution in [2.75, 3.05) is 13.1 Å². The van der Waals surface area contributed by atoms with E-state index in [2.05, 4.69) is 32.4 Å². The first kappa shape index (κ1) is 23.8. The second-order valence-corrected chi connectivity index (χ2v) is 10.2. The number of fused-ring (bicyclic) bond motifs is 1. The summed E-state index contributed by atoms with van der Waals surface area (Å²) < 4.78 is 42.5. The lowest BCUT2D eigenvalue weighted by atomic mass is 10.0. The molecule has 1 N–H and O–H groups in total. The maximum Gasteiger partial charge on any atom is 0.433 e. The van der Waals surface area contributed by atoms with Crippen molar-refractivity contribution in [2.45, 2.75) is 31.6 Å². The summed E-state index contributed by atoms with van der Waals surface area (Å²) in [5.74, 6) is -0.508. The number of halogens is 4. The number of thiophene rings is 1. The molecule has 3 aromatic heterocycles. The van der Waals surface area contributed by atoms with Crippen molar-refractivity contribution in [3.8, 4) is 10.6 Å². The van der Waals surface area contributed by atoms with E-state index in [1.165, 1.54) is 11.6 Å². The molecule has 1 fully saturated rings.